The van der Waals surface area contributed by atoms with Crippen LogP contribution in [0.1, 0.15) is 28.9 Å². The van der Waals surface area contributed by atoms with Gasteiger partial charge in [-0.25, -0.2) is 9.97 Å². The zero-order valence-corrected chi connectivity index (χ0v) is 17.2. The Labute approximate surface area is 170 Å². The maximum atomic E-state index is 12.9. The van der Waals surface area contributed by atoms with E-state index in [1.54, 1.807) is 18.5 Å². The Morgan fingerprint density at radius 1 is 1.34 bits per heavy atom. The van der Waals surface area contributed by atoms with Crippen LogP contribution in [-0.2, 0) is 17.8 Å². The predicted octanol–water partition coefficient (Wildman–Crippen LogP) is 2.70. The van der Waals surface area contributed by atoms with Gasteiger partial charge in [0, 0.05) is 36.3 Å². The molecule has 1 aromatic carbocycles. The number of aromatic nitrogens is 2. The summed E-state index contributed by atoms with van der Waals surface area (Å²) in [5.41, 5.74) is 9.91. The normalized spacial score (nSPS) is 16.8. The van der Waals surface area contributed by atoms with Crippen molar-refractivity contribution in [2.45, 2.75) is 39.3 Å². The topological polar surface area (TPSA) is 88.5 Å². The third-order valence-electron chi connectivity index (χ3n) is 5.94. The number of fused-ring (bicyclic) bond motifs is 1. The van der Waals surface area contributed by atoms with Crippen LogP contribution < -0.4 is 5.73 Å². The number of nitrogen functional groups attached to an aromatic ring is 1. The van der Waals surface area contributed by atoms with Crippen molar-refractivity contribution < 1.29 is 9.21 Å². The van der Waals surface area contributed by atoms with Crippen molar-refractivity contribution in [1.29, 1.82) is 0 Å². The molecule has 3 heterocycles. The Balaban J connectivity index is 1.39. The number of hydrogen-bond acceptors (Lipinski definition) is 6. The van der Waals surface area contributed by atoms with Crippen molar-refractivity contribution >= 4 is 22.7 Å². The molecule has 4 rings (SSSR count). The fraction of sp³-hybridized carbons (Fsp3) is 0.409. The number of rotatable bonds is 5. The van der Waals surface area contributed by atoms with Crippen LogP contribution in [0.15, 0.2) is 35.1 Å². The Hall–Kier alpha value is -2.93. The lowest BCUT2D eigenvalue weighted by molar-refractivity contribution is -0.129. The fourth-order valence-corrected chi connectivity index (χ4v) is 3.97. The lowest BCUT2D eigenvalue weighted by Gasteiger charge is -2.24. The summed E-state index contributed by atoms with van der Waals surface area (Å²) in [5, 5.41) is 1.04. The smallest absolute Gasteiger partial charge is 0.227 e. The number of benzene rings is 1. The molecule has 0 aliphatic carbocycles. The lowest BCUT2D eigenvalue weighted by atomic mass is 10.0. The second-order valence-electron chi connectivity index (χ2n) is 7.92. The number of amides is 1. The zero-order valence-electron chi connectivity index (χ0n) is 17.2. The third kappa shape index (κ3) is 3.96. The first-order chi connectivity index (χ1) is 13.9. The maximum Gasteiger partial charge on any atom is 0.227 e. The van der Waals surface area contributed by atoms with Gasteiger partial charge in [-0.3, -0.25) is 9.69 Å². The van der Waals surface area contributed by atoms with Crippen LogP contribution in [0.4, 0.5) is 5.82 Å². The van der Waals surface area contributed by atoms with E-state index in [0.29, 0.717) is 31.2 Å². The Bertz CT molecular complexity index is 1040. The first-order valence-electron chi connectivity index (χ1n) is 9.94. The molecule has 0 bridgehead atoms. The van der Waals surface area contributed by atoms with Crippen molar-refractivity contribution in [2.75, 3.05) is 25.9 Å². The molecule has 0 saturated carbocycles. The molecule has 0 spiro atoms. The highest BCUT2D eigenvalue weighted by molar-refractivity contribution is 5.89. The van der Waals surface area contributed by atoms with Crippen LogP contribution in [0.5, 0.6) is 0 Å². The second-order valence-corrected chi connectivity index (χ2v) is 7.92. The van der Waals surface area contributed by atoms with Gasteiger partial charge in [0.15, 0.2) is 0 Å². The molecule has 1 atom stereocenters. The number of nitrogens with zero attached hydrogens (tertiary/aromatic N) is 4. The van der Waals surface area contributed by atoms with Gasteiger partial charge in [0.25, 0.3) is 0 Å². The van der Waals surface area contributed by atoms with Gasteiger partial charge in [0.1, 0.15) is 17.2 Å². The van der Waals surface area contributed by atoms with Crippen molar-refractivity contribution in [3.05, 3.63) is 53.2 Å². The van der Waals surface area contributed by atoms with Gasteiger partial charge < -0.3 is 15.1 Å². The molecular weight excluding hydrogens is 366 g/mol. The molecule has 1 saturated heterocycles. The van der Waals surface area contributed by atoms with E-state index >= 15 is 0 Å². The molecule has 29 heavy (non-hydrogen) atoms. The van der Waals surface area contributed by atoms with Crippen LogP contribution in [0.3, 0.4) is 0 Å². The number of hydrogen-bond donors (Lipinski definition) is 1. The van der Waals surface area contributed by atoms with E-state index < -0.39 is 0 Å². The van der Waals surface area contributed by atoms with Crippen molar-refractivity contribution in [1.82, 2.24) is 19.8 Å². The van der Waals surface area contributed by atoms with Gasteiger partial charge in [0.2, 0.25) is 5.91 Å². The number of anilines is 1. The summed E-state index contributed by atoms with van der Waals surface area (Å²) in [4.78, 5) is 25.6. The summed E-state index contributed by atoms with van der Waals surface area (Å²) in [6.45, 7) is 6.21. The number of carbonyl (C=O) groups is 1. The largest absolute Gasteiger partial charge is 0.464 e. The summed E-state index contributed by atoms with van der Waals surface area (Å²) in [6, 6.07) is 6.10. The summed E-state index contributed by atoms with van der Waals surface area (Å²) in [6.07, 6.45) is 4.71. The first-order valence-corrected chi connectivity index (χ1v) is 9.94. The highest BCUT2D eigenvalue weighted by atomic mass is 16.3. The fourth-order valence-electron chi connectivity index (χ4n) is 3.97. The van der Waals surface area contributed by atoms with Crippen molar-refractivity contribution in [3.8, 4) is 0 Å². The van der Waals surface area contributed by atoms with Gasteiger partial charge in [-0.15, -0.1) is 0 Å². The van der Waals surface area contributed by atoms with Crippen LogP contribution in [0.2, 0.25) is 0 Å². The number of nitrogens with two attached hydrogens (primary N) is 1. The SMILES string of the molecule is Cc1ccc2c(CC(=O)N3CCC(N(C)Cc4nccc(N)n4)C3)coc2c1C. The second kappa shape index (κ2) is 7.83. The molecule has 2 N–H and O–H groups in total. The van der Waals surface area contributed by atoms with Crippen molar-refractivity contribution in [2.24, 2.45) is 0 Å². The van der Waals surface area contributed by atoms with Crippen LogP contribution in [-0.4, -0.2) is 51.9 Å². The first kappa shape index (κ1) is 19.4. The molecule has 1 aliphatic heterocycles. The average molecular weight is 393 g/mol. The Kier molecular flexibility index (Phi) is 5.24. The number of furan rings is 1. The summed E-state index contributed by atoms with van der Waals surface area (Å²) >= 11 is 0. The lowest BCUT2D eigenvalue weighted by Crippen LogP contribution is -2.37. The summed E-state index contributed by atoms with van der Waals surface area (Å²) in [5.74, 6) is 1.32. The maximum absolute atomic E-state index is 12.9. The minimum atomic E-state index is 0.141. The van der Waals surface area contributed by atoms with E-state index in [9.17, 15) is 4.79 Å². The number of likely N-dealkylation sites (tertiary alicyclic amines) is 1. The monoisotopic (exact) mass is 393 g/mol. The van der Waals surface area contributed by atoms with Gasteiger partial charge >= 0.3 is 0 Å². The highest BCUT2D eigenvalue weighted by Gasteiger charge is 2.29. The Morgan fingerprint density at radius 3 is 2.97 bits per heavy atom. The summed E-state index contributed by atoms with van der Waals surface area (Å²) in [7, 11) is 2.04. The molecular formula is C22H27N5O2. The number of carbonyl (C=O) groups excluding carboxylic acids is 1. The molecule has 1 unspecified atom stereocenters. The molecule has 7 heteroatoms. The highest BCUT2D eigenvalue weighted by Crippen LogP contribution is 2.27. The van der Waals surface area contributed by atoms with E-state index in [0.717, 1.165) is 35.1 Å². The zero-order chi connectivity index (χ0) is 20.5. The third-order valence-corrected chi connectivity index (χ3v) is 5.94. The van der Waals surface area contributed by atoms with E-state index in [4.69, 9.17) is 10.2 Å². The number of aryl methyl sites for hydroxylation is 2. The standard InChI is InChI=1S/C22H27N5O2/c1-14-4-5-18-16(13-29-22(18)15(14)2)10-21(28)27-9-7-17(11-27)26(3)12-20-24-8-6-19(23)25-20/h4-6,8,13,17H,7,9-12H2,1-3H3,(H2,23,24,25). The quantitative estimate of drug-likeness (QED) is 0.717. The van der Waals surface area contributed by atoms with E-state index in [1.807, 2.05) is 11.9 Å². The Morgan fingerprint density at radius 2 is 2.17 bits per heavy atom. The van der Waals surface area contributed by atoms with Gasteiger partial charge in [-0.05, 0) is 44.5 Å². The predicted molar refractivity (Wildman–Crippen MR) is 112 cm³/mol. The van der Waals surface area contributed by atoms with Crippen molar-refractivity contribution in [3.63, 3.8) is 0 Å². The molecule has 0 radical (unpaired) electrons. The van der Waals surface area contributed by atoms with Gasteiger partial charge in [-0.1, -0.05) is 12.1 Å². The minimum absolute atomic E-state index is 0.141. The molecule has 3 aromatic rings. The van der Waals surface area contributed by atoms with Crippen LogP contribution >= 0.6 is 0 Å². The van der Waals surface area contributed by atoms with Gasteiger partial charge in [0.05, 0.1) is 19.2 Å². The average Bonchev–Trinajstić information content (AvgIpc) is 3.33. The van der Waals surface area contributed by atoms with Gasteiger partial charge in [-0.2, -0.15) is 0 Å². The minimum Gasteiger partial charge on any atom is -0.464 e. The van der Waals surface area contributed by atoms with Crippen LogP contribution in [0, 0.1) is 13.8 Å². The molecule has 1 fully saturated rings. The molecule has 152 valence electrons. The van der Waals surface area contributed by atoms with E-state index in [-0.39, 0.29) is 11.9 Å². The molecule has 2 aromatic heterocycles. The molecule has 7 nitrogen and oxygen atoms in total. The van der Waals surface area contributed by atoms with E-state index in [1.165, 1.54) is 5.56 Å². The molecule has 1 aliphatic rings. The van der Waals surface area contributed by atoms with Crippen LogP contribution in [0.25, 0.3) is 11.0 Å². The van der Waals surface area contributed by atoms with E-state index in [2.05, 4.69) is 40.8 Å². The summed E-state index contributed by atoms with van der Waals surface area (Å²) < 4.78 is 5.76. The molecule has 1 amide bonds. The number of likely N-dealkylation sites (N-methyl/N-ethyl adjacent to an activating group) is 1.